The highest BCUT2D eigenvalue weighted by Crippen LogP contribution is 2.22. The second-order valence-corrected chi connectivity index (χ2v) is 42.4. The Morgan fingerprint density at radius 2 is 1.00 bits per heavy atom. The van der Waals surface area contributed by atoms with Gasteiger partial charge in [-0.05, 0) is 159 Å². The number of halogens is 2. The summed E-state index contributed by atoms with van der Waals surface area (Å²) in [6.07, 6.45) is 22.0. The molecule has 17 nitrogen and oxygen atoms in total. The van der Waals surface area contributed by atoms with Crippen molar-refractivity contribution in [2.75, 3.05) is 12.6 Å². The number of terminal acetylenes is 2. The Morgan fingerprint density at radius 1 is 0.606 bits per heavy atom. The number of aromatic nitrogens is 2. The van der Waals surface area contributed by atoms with Gasteiger partial charge in [-0.2, -0.15) is 5.26 Å². The lowest BCUT2D eigenvalue weighted by molar-refractivity contribution is -0.131. The van der Waals surface area contributed by atoms with E-state index in [2.05, 4.69) is 93.3 Å². The molecule has 1 aromatic heterocycles. The fourth-order valence-electron chi connectivity index (χ4n) is 5.63. The topological polar surface area (TPSA) is 276 Å². The zero-order chi connectivity index (χ0) is 90.2. The maximum Gasteiger partial charge on any atom is 0.233 e. The number of alkyl halides is 2. The highest BCUT2D eigenvalue weighted by atomic mass is 35.5. The molecule has 0 saturated heterocycles. The number of nitrogens with one attached hydrogen (secondary N) is 1. The van der Waals surface area contributed by atoms with Crippen molar-refractivity contribution < 1.29 is 64.4 Å². The van der Waals surface area contributed by atoms with Crippen molar-refractivity contribution in [3.05, 3.63) is 84.7 Å². The molecule has 630 valence electrons. The summed E-state index contributed by atoms with van der Waals surface area (Å²) >= 11 is 5.20. The summed E-state index contributed by atoms with van der Waals surface area (Å²) < 4.78 is 58.5. The van der Waals surface area contributed by atoms with E-state index in [0.717, 1.165) is 28.9 Å². The first-order valence-corrected chi connectivity index (χ1v) is 40.5. The molecule has 0 aliphatic carbocycles. The van der Waals surface area contributed by atoms with E-state index in [-0.39, 0.29) is 125 Å². The number of ketones is 9. The lowest BCUT2D eigenvalue weighted by Crippen LogP contribution is -2.39. The molecule has 0 fully saturated rings. The third-order valence-electron chi connectivity index (χ3n) is 11.5. The minimum Gasteiger partial charge on any atom is -0.331 e. The average molecular weight is 1610 g/mol. The van der Waals surface area contributed by atoms with Crippen molar-refractivity contribution in [1.82, 2.24) is 14.3 Å². The normalized spacial score (nSPS) is 11.5. The summed E-state index contributed by atoms with van der Waals surface area (Å²) in [5.74, 6) is 3.36. The van der Waals surface area contributed by atoms with E-state index in [4.69, 9.17) is 29.7 Å². The number of hydrogen-bond donors (Lipinski definition) is 1. The van der Waals surface area contributed by atoms with Crippen LogP contribution < -0.4 is 4.72 Å². The van der Waals surface area contributed by atoms with Crippen LogP contribution >= 0.6 is 11.6 Å². The molecule has 0 aromatic carbocycles. The highest BCUT2D eigenvalue weighted by molar-refractivity contribution is 7.92. The number of allylic oxidation sites excluding steroid dienone is 5. The van der Waals surface area contributed by atoms with E-state index in [1.54, 1.807) is 72.8 Å². The second kappa shape index (κ2) is 62.3. The molecule has 1 heterocycles. The molecule has 2 atom stereocenters. The van der Waals surface area contributed by atoms with E-state index in [9.17, 15) is 64.4 Å². The zero-order valence-electron chi connectivity index (χ0n) is 75.1. The van der Waals surface area contributed by atoms with Gasteiger partial charge in [-0.3, -0.25) is 47.4 Å². The number of sulfonamides is 1. The van der Waals surface area contributed by atoms with Gasteiger partial charge in [-0.1, -0.05) is 204 Å². The molecule has 1 aromatic rings. The van der Waals surface area contributed by atoms with Crippen molar-refractivity contribution in [3.63, 3.8) is 0 Å². The van der Waals surface area contributed by atoms with Gasteiger partial charge in [0.25, 0.3) is 0 Å². The maximum atomic E-state index is 11.3. The predicted octanol–water partition coefficient (Wildman–Crippen LogP) is 20.9. The van der Waals surface area contributed by atoms with E-state index in [1.807, 2.05) is 179 Å². The molecule has 1 rings (SSSR count). The van der Waals surface area contributed by atoms with Gasteiger partial charge in [0.15, 0.2) is 23.1 Å². The molecule has 0 amide bonds. The van der Waals surface area contributed by atoms with Gasteiger partial charge < -0.3 is 4.57 Å². The predicted molar refractivity (Wildman–Crippen MR) is 464 cm³/mol. The number of hydrogen-bond acceptors (Lipinski definition) is 15. The molecule has 0 radical (unpaired) electrons. The molecular formula is C87H152ClFN4O13S3. The first-order valence-electron chi connectivity index (χ1n) is 36.0. The van der Waals surface area contributed by atoms with Crippen molar-refractivity contribution in [1.29, 1.82) is 5.26 Å². The number of carbonyl (C=O) groups is 9. The Hall–Kier alpha value is -6.28. The van der Waals surface area contributed by atoms with Gasteiger partial charge >= 0.3 is 0 Å². The zero-order valence-corrected chi connectivity index (χ0v) is 78.3. The third kappa shape index (κ3) is 106. The van der Waals surface area contributed by atoms with Crippen LogP contribution in [0.15, 0.2) is 78.9 Å². The van der Waals surface area contributed by atoms with Crippen LogP contribution in [0.1, 0.15) is 301 Å². The monoisotopic (exact) mass is 1610 g/mol. The Balaban J connectivity index is -0.000000107. The second-order valence-electron chi connectivity index (χ2n) is 36.3. The fraction of sp³-hybridized carbons (Fsp3) is 0.667. The Bertz CT molecular complexity index is 3250. The van der Waals surface area contributed by atoms with Crippen LogP contribution in [0.4, 0.5) is 4.39 Å². The van der Waals surface area contributed by atoms with Gasteiger partial charge in [0.1, 0.15) is 46.4 Å². The van der Waals surface area contributed by atoms with E-state index >= 15 is 0 Å². The molecule has 0 aliphatic heterocycles. The van der Waals surface area contributed by atoms with E-state index in [1.165, 1.54) is 18.4 Å². The maximum absolute atomic E-state index is 11.3. The first-order chi connectivity index (χ1) is 48.2. The molecule has 0 aliphatic rings. The summed E-state index contributed by atoms with van der Waals surface area (Å²) in [5.41, 5.74) is 1.67. The molecule has 109 heavy (non-hydrogen) atoms. The summed E-state index contributed by atoms with van der Waals surface area (Å²) in [6, 6.07) is 1.80. The van der Waals surface area contributed by atoms with Gasteiger partial charge in [-0.25, -0.2) is 26.7 Å². The van der Waals surface area contributed by atoms with Crippen LogP contribution in [0.25, 0.3) is 6.08 Å². The molecule has 22 heteroatoms. The average Bonchev–Trinajstić information content (AvgIpc) is 1.76. The summed E-state index contributed by atoms with van der Waals surface area (Å²) in [7, 11) is -5.26. The quantitative estimate of drug-likeness (QED) is 0.0443. The summed E-state index contributed by atoms with van der Waals surface area (Å²) in [4.78, 5) is 100. The van der Waals surface area contributed by atoms with Gasteiger partial charge in [0.05, 0.1) is 35.6 Å². The van der Waals surface area contributed by atoms with Crippen LogP contribution in [0, 0.1) is 85.6 Å². The first kappa shape index (κ1) is 126. The van der Waals surface area contributed by atoms with Crippen molar-refractivity contribution in [2.24, 2.45) is 50.2 Å². The number of imidazole rings is 1. The molecule has 0 spiro atoms. The van der Waals surface area contributed by atoms with E-state index < -0.39 is 43.8 Å². The van der Waals surface area contributed by atoms with Crippen LogP contribution in [0.2, 0.25) is 0 Å². The summed E-state index contributed by atoms with van der Waals surface area (Å²) in [5, 5.41) is 12.6. The van der Waals surface area contributed by atoms with E-state index in [0.29, 0.717) is 24.7 Å². The number of nitrogens with zero attached hydrogens (tertiary/aromatic N) is 3. The molecular weight excluding hydrogens is 1460 g/mol. The van der Waals surface area contributed by atoms with Crippen molar-refractivity contribution in [2.45, 2.75) is 317 Å². The standard InChI is InChI=1S/C10H16N2.C10H18O.C9H16O.C8H14O2.C8H14O.C8H12O.C6H13NO2S.C6H9NO.C6H12OS.C6H10OS.C5H9ClO.C5H9FO/c1-5-9-11-6-7-12(9)8-10(2,3)4;1-8(2)6-9(11)7-10(3,4)5;1-7(2)6-8(10)9(3,4)5;1-6(9)5-7(10)8(2,3)4;2*1-5-7(9)6-8(2,3)4;1-5-10(8,9)7-6(2,3)4;1-5(2)6(8)3-4-7;2*1-5-8(7)6(2,3)4;2*1-4(2)5(7)3-6/h5-7H,1,8H2,2-4H3;6H,7H2,1-5H3;6H,1-5H3;5H2,1-4H3;5H,1,6H2,2-4H3;1H,6H2,2-4H3;5,7H,1H2,2-4H3;5H,3H2,1-2H3;5H,1H2,2-4H3;1H,2-4H3;2*4H,3H2,1-2H3. The van der Waals surface area contributed by atoms with Crippen molar-refractivity contribution >= 4 is 101 Å². The largest absolute Gasteiger partial charge is 0.331 e. The minimum absolute atomic E-state index is 0.00894. The van der Waals surface area contributed by atoms with Crippen molar-refractivity contribution in [3.8, 4) is 30.1 Å². The number of rotatable bonds is 19. The Kier molecular flexibility index (Phi) is 72.2. The minimum atomic E-state index is -3.26. The molecule has 0 bridgehead atoms. The van der Waals surface area contributed by atoms with Crippen LogP contribution in [0.3, 0.4) is 0 Å². The Labute approximate surface area is 675 Å². The molecule has 1 N–H and O–H groups in total. The van der Waals surface area contributed by atoms with Gasteiger partial charge in [0, 0.05) is 87.2 Å². The third-order valence-corrected chi connectivity index (χ3v) is 15.9. The molecule has 2 unspecified atom stereocenters. The lowest BCUT2D eigenvalue weighted by atomic mass is 9.88. The molecule has 0 saturated carbocycles. The number of carbonyl (C=O) groups excluding carboxylic acids is 9. The fourth-order valence-corrected chi connectivity index (χ4v) is 7.73. The van der Waals surface area contributed by atoms with Crippen LogP contribution in [-0.2, 0) is 81.3 Å². The number of nitriles is 1. The van der Waals surface area contributed by atoms with Crippen LogP contribution in [-0.4, -0.2) is 106 Å². The summed E-state index contributed by atoms with van der Waals surface area (Å²) in [6.45, 7) is 86.5. The smallest absolute Gasteiger partial charge is 0.233 e. The van der Waals surface area contributed by atoms with Gasteiger partial charge in [0.2, 0.25) is 15.8 Å². The lowest BCUT2D eigenvalue weighted by Gasteiger charge is -2.19. The van der Waals surface area contributed by atoms with Gasteiger partial charge in [-0.15, -0.1) is 24.4 Å². The SMILES string of the molecule is C#CC(=O)CC(C)(C)C.C#CS(=O)C(C)(C)C.C=CC(=O)CC(C)(C)C.C=CS(=O)(=O)NC(C)(C)C.C=CS(=O)C(C)(C)C.C=Cc1nccn1CC(C)(C)C.CC(=O)CC(=O)C(C)(C)C.CC(C)=CC(=O)C(C)(C)C.CC(C)=CC(=O)CC(C)(C)C.CC(C)C(=O)CC#N.CC(C)C(=O)CCl.CC(C)C(=O)CF. The Morgan fingerprint density at radius 3 is 1.14 bits per heavy atom. The van der Waals surface area contributed by atoms with Crippen LogP contribution in [0.5, 0.6) is 0 Å². The highest BCUT2D eigenvalue weighted by Gasteiger charge is 2.23. The number of Topliss-reactive ketones (excluding diaryl/α,β-unsaturated/α-hetero) is 6.